The largest absolute Gasteiger partial charge is 0.497 e. The van der Waals surface area contributed by atoms with Gasteiger partial charge in [-0.2, -0.15) is 9.78 Å². The molecule has 2 aromatic heterocycles. The van der Waals surface area contributed by atoms with Gasteiger partial charge in [0.15, 0.2) is 0 Å². The van der Waals surface area contributed by atoms with Crippen LogP contribution in [0.2, 0.25) is 0 Å². The van der Waals surface area contributed by atoms with E-state index in [1.165, 1.54) is 0 Å². The number of hydrogen-bond donors (Lipinski definition) is 2. The molecule has 0 saturated heterocycles. The van der Waals surface area contributed by atoms with Crippen LogP contribution >= 0.6 is 0 Å². The average Bonchev–Trinajstić information content (AvgIpc) is 3.31. The number of aromatic nitrogens is 6. The van der Waals surface area contributed by atoms with Gasteiger partial charge in [-0.1, -0.05) is 17.2 Å². The fourth-order valence-electron chi connectivity index (χ4n) is 3.86. The van der Waals surface area contributed by atoms with Gasteiger partial charge in [0.05, 0.1) is 27.0 Å². The summed E-state index contributed by atoms with van der Waals surface area (Å²) >= 11 is 0. The SMILES string of the molecule is COc1cccc(-c2n[nH]c(=O)c3c2[C@@H](c2ccc(OC)cc2OC)n2nnnc2N3)c1. The molecule has 162 valence electrons. The van der Waals surface area contributed by atoms with Gasteiger partial charge in [0.25, 0.3) is 5.56 Å². The molecular weight excluding hydrogens is 414 g/mol. The molecule has 0 unspecified atom stereocenters. The molecular formula is C21H19N7O4. The van der Waals surface area contributed by atoms with E-state index in [0.29, 0.717) is 40.1 Å². The summed E-state index contributed by atoms with van der Waals surface area (Å²) in [6.45, 7) is 0. The van der Waals surface area contributed by atoms with Gasteiger partial charge in [0.1, 0.15) is 29.0 Å². The smallest absolute Gasteiger partial charge is 0.288 e. The van der Waals surface area contributed by atoms with Gasteiger partial charge in [-0.05, 0) is 34.7 Å². The summed E-state index contributed by atoms with van der Waals surface area (Å²) < 4.78 is 18.0. The van der Waals surface area contributed by atoms with Crippen molar-refractivity contribution in [3.05, 3.63) is 63.9 Å². The Kier molecular flexibility index (Phi) is 4.70. The van der Waals surface area contributed by atoms with E-state index in [9.17, 15) is 4.79 Å². The molecule has 4 aromatic rings. The molecule has 0 bridgehead atoms. The van der Waals surface area contributed by atoms with Crippen molar-refractivity contribution in [2.24, 2.45) is 0 Å². The molecule has 0 radical (unpaired) electrons. The maximum absolute atomic E-state index is 12.8. The van der Waals surface area contributed by atoms with Crippen LogP contribution in [0.15, 0.2) is 47.3 Å². The van der Waals surface area contributed by atoms with Crippen molar-refractivity contribution in [3.63, 3.8) is 0 Å². The first kappa shape index (κ1) is 19.5. The van der Waals surface area contributed by atoms with Gasteiger partial charge in [-0.25, -0.2) is 5.10 Å². The van der Waals surface area contributed by atoms with Crippen LogP contribution in [0.1, 0.15) is 17.2 Å². The van der Waals surface area contributed by atoms with E-state index in [1.54, 1.807) is 32.1 Å². The fourth-order valence-corrected chi connectivity index (χ4v) is 3.86. The number of H-pyrrole nitrogens is 1. The van der Waals surface area contributed by atoms with Gasteiger partial charge in [-0.15, -0.1) is 0 Å². The molecule has 0 fully saturated rings. The fraction of sp³-hybridized carbons (Fsp3) is 0.190. The van der Waals surface area contributed by atoms with E-state index >= 15 is 0 Å². The van der Waals surface area contributed by atoms with E-state index in [1.807, 2.05) is 36.4 Å². The summed E-state index contributed by atoms with van der Waals surface area (Å²) in [7, 11) is 4.74. The maximum atomic E-state index is 12.8. The van der Waals surface area contributed by atoms with Gasteiger partial charge in [-0.3, -0.25) is 4.79 Å². The lowest BCUT2D eigenvalue weighted by molar-refractivity contribution is 0.386. The Labute approximate surface area is 181 Å². The van der Waals surface area contributed by atoms with Gasteiger partial charge in [0, 0.05) is 22.8 Å². The first-order chi connectivity index (χ1) is 15.6. The molecule has 3 heterocycles. The summed E-state index contributed by atoms with van der Waals surface area (Å²) in [6, 6.07) is 12.3. The van der Waals surface area contributed by atoms with Crippen LogP contribution < -0.4 is 25.1 Å². The van der Waals surface area contributed by atoms with Gasteiger partial charge >= 0.3 is 0 Å². The second kappa shape index (κ2) is 7.69. The highest BCUT2D eigenvalue weighted by molar-refractivity contribution is 5.76. The summed E-state index contributed by atoms with van der Waals surface area (Å²) in [5.74, 6) is 2.18. The first-order valence-electron chi connectivity index (χ1n) is 9.68. The normalized spacial score (nSPS) is 14.2. The van der Waals surface area contributed by atoms with Crippen LogP contribution in [0, 0.1) is 0 Å². The number of rotatable bonds is 5. The number of benzene rings is 2. The molecule has 5 rings (SSSR count). The topological polar surface area (TPSA) is 129 Å². The first-order valence-corrected chi connectivity index (χ1v) is 9.68. The Morgan fingerprint density at radius 3 is 2.59 bits per heavy atom. The molecule has 1 aliphatic heterocycles. The van der Waals surface area contributed by atoms with E-state index in [4.69, 9.17) is 14.2 Å². The zero-order valence-electron chi connectivity index (χ0n) is 17.5. The molecule has 2 N–H and O–H groups in total. The molecule has 0 amide bonds. The lowest BCUT2D eigenvalue weighted by atomic mass is 9.92. The second-order valence-corrected chi connectivity index (χ2v) is 7.00. The zero-order chi connectivity index (χ0) is 22.2. The van der Waals surface area contributed by atoms with Crippen molar-refractivity contribution in [2.45, 2.75) is 6.04 Å². The average molecular weight is 433 g/mol. The summed E-state index contributed by atoms with van der Waals surface area (Å²) in [6.07, 6.45) is 0. The van der Waals surface area contributed by atoms with Gasteiger partial charge in [0.2, 0.25) is 5.95 Å². The quantitative estimate of drug-likeness (QED) is 0.428. The van der Waals surface area contributed by atoms with Crippen LogP contribution in [0.4, 0.5) is 11.6 Å². The minimum absolute atomic E-state index is 0.308. The Morgan fingerprint density at radius 1 is 1.00 bits per heavy atom. The zero-order valence-corrected chi connectivity index (χ0v) is 17.5. The number of aromatic amines is 1. The highest BCUT2D eigenvalue weighted by Crippen LogP contribution is 2.44. The molecule has 11 nitrogen and oxygen atoms in total. The number of fused-ring (bicyclic) bond motifs is 2. The third-order valence-electron chi connectivity index (χ3n) is 5.35. The highest BCUT2D eigenvalue weighted by atomic mass is 16.5. The third kappa shape index (κ3) is 3.02. The standard InChI is InChI=1S/C21H19N7O4/c1-30-12-6-4-5-11(9-12)17-16-18(20(29)24-23-17)22-21-25-26-27-28(21)19(16)14-8-7-13(31-2)10-15(14)32-3/h4-10,19H,1-3H3,(H,24,29)(H,22,25,27)/t19-/m1/s1. The number of methoxy groups -OCH3 is 3. The number of nitrogens with zero attached hydrogens (tertiary/aromatic N) is 5. The molecule has 1 atom stereocenters. The monoisotopic (exact) mass is 433 g/mol. The van der Waals surface area contributed by atoms with Crippen molar-refractivity contribution in [2.75, 3.05) is 26.6 Å². The molecule has 11 heteroatoms. The highest BCUT2D eigenvalue weighted by Gasteiger charge is 2.36. The minimum Gasteiger partial charge on any atom is -0.497 e. The van der Waals surface area contributed by atoms with Crippen LogP contribution in [0.3, 0.4) is 0 Å². The van der Waals surface area contributed by atoms with Crippen molar-refractivity contribution >= 4 is 11.6 Å². The molecule has 0 saturated carbocycles. The summed E-state index contributed by atoms with van der Waals surface area (Å²) in [4.78, 5) is 12.8. The van der Waals surface area contributed by atoms with Crippen molar-refractivity contribution in [3.8, 4) is 28.5 Å². The van der Waals surface area contributed by atoms with Crippen molar-refractivity contribution < 1.29 is 14.2 Å². The minimum atomic E-state index is -0.590. The van der Waals surface area contributed by atoms with E-state index in [2.05, 4.69) is 31.0 Å². The van der Waals surface area contributed by atoms with Crippen LogP contribution in [0.25, 0.3) is 11.3 Å². The van der Waals surface area contributed by atoms with Crippen molar-refractivity contribution in [1.82, 2.24) is 30.4 Å². The Bertz CT molecular complexity index is 1360. The third-order valence-corrected chi connectivity index (χ3v) is 5.35. The molecule has 1 aliphatic rings. The number of hydrogen-bond acceptors (Lipinski definition) is 9. The maximum Gasteiger partial charge on any atom is 0.288 e. The Hall–Kier alpha value is -4.41. The van der Waals surface area contributed by atoms with Crippen LogP contribution in [0.5, 0.6) is 17.2 Å². The number of nitrogens with one attached hydrogen (secondary N) is 2. The predicted molar refractivity (Wildman–Crippen MR) is 115 cm³/mol. The van der Waals surface area contributed by atoms with Crippen LogP contribution in [-0.2, 0) is 0 Å². The van der Waals surface area contributed by atoms with Crippen LogP contribution in [-0.4, -0.2) is 51.7 Å². The Morgan fingerprint density at radius 2 is 1.81 bits per heavy atom. The lowest BCUT2D eigenvalue weighted by Crippen LogP contribution is -2.29. The Balaban J connectivity index is 1.81. The predicted octanol–water partition coefficient (Wildman–Crippen LogP) is 2.14. The number of ether oxygens (including phenoxy) is 3. The lowest BCUT2D eigenvalue weighted by Gasteiger charge is -2.28. The van der Waals surface area contributed by atoms with E-state index < -0.39 is 11.6 Å². The second-order valence-electron chi connectivity index (χ2n) is 7.00. The molecule has 32 heavy (non-hydrogen) atoms. The van der Waals surface area contributed by atoms with E-state index in [0.717, 1.165) is 11.1 Å². The molecule has 0 spiro atoms. The van der Waals surface area contributed by atoms with Gasteiger partial charge < -0.3 is 19.5 Å². The summed E-state index contributed by atoms with van der Waals surface area (Å²) in [5.41, 5.74) is 2.57. The van der Waals surface area contributed by atoms with Crippen molar-refractivity contribution in [1.29, 1.82) is 0 Å². The molecule has 0 aliphatic carbocycles. The molecule has 2 aromatic carbocycles. The number of tetrazole rings is 1. The number of anilines is 2. The summed E-state index contributed by atoms with van der Waals surface area (Å²) in [5, 5.41) is 22.0. The van der Waals surface area contributed by atoms with E-state index in [-0.39, 0.29) is 0 Å².